The lowest BCUT2D eigenvalue weighted by Gasteiger charge is -2.21. The van der Waals surface area contributed by atoms with E-state index in [-0.39, 0.29) is 5.60 Å². The first-order chi connectivity index (χ1) is 6.40. The molecule has 0 bridgehead atoms. The minimum Gasteiger partial charge on any atom is -0.488 e. The van der Waals surface area contributed by atoms with Crippen LogP contribution in [0.1, 0.15) is 36.7 Å². The zero-order valence-corrected chi connectivity index (χ0v) is 9.13. The van der Waals surface area contributed by atoms with Crippen LogP contribution in [0, 0.1) is 6.92 Å². The molecular weight excluding hydrogens is 176 g/mol. The van der Waals surface area contributed by atoms with E-state index >= 15 is 0 Å². The number of aldehydes is 1. The first-order valence-electron chi connectivity index (χ1n) is 4.66. The Labute approximate surface area is 84.9 Å². The van der Waals surface area contributed by atoms with Crippen LogP contribution in [0.3, 0.4) is 0 Å². The topological polar surface area (TPSA) is 26.3 Å². The Bertz CT molecular complexity index is 335. The van der Waals surface area contributed by atoms with Gasteiger partial charge in [-0.05, 0) is 51.5 Å². The minimum absolute atomic E-state index is 0.228. The second kappa shape index (κ2) is 3.82. The molecule has 0 saturated heterocycles. The zero-order chi connectivity index (χ0) is 10.8. The summed E-state index contributed by atoms with van der Waals surface area (Å²) in [5, 5.41) is 0. The van der Waals surface area contributed by atoms with Gasteiger partial charge in [0.2, 0.25) is 0 Å². The average Bonchev–Trinajstić information content (AvgIpc) is 1.99. The molecule has 0 aliphatic carbocycles. The molecule has 1 aromatic carbocycles. The highest BCUT2D eigenvalue weighted by atomic mass is 16.5. The van der Waals surface area contributed by atoms with E-state index in [1.54, 1.807) is 6.07 Å². The van der Waals surface area contributed by atoms with Crippen molar-refractivity contribution in [2.24, 2.45) is 0 Å². The Morgan fingerprint density at radius 1 is 1.21 bits per heavy atom. The summed E-state index contributed by atoms with van der Waals surface area (Å²) in [6.07, 6.45) is 0.836. The Hall–Kier alpha value is -1.31. The number of benzene rings is 1. The third-order valence-electron chi connectivity index (χ3n) is 1.63. The Morgan fingerprint density at radius 3 is 2.36 bits per heavy atom. The average molecular weight is 192 g/mol. The molecule has 0 N–H and O–H groups in total. The van der Waals surface area contributed by atoms with Crippen molar-refractivity contribution in [2.45, 2.75) is 33.3 Å². The van der Waals surface area contributed by atoms with Gasteiger partial charge in [0.1, 0.15) is 17.6 Å². The van der Waals surface area contributed by atoms with Crippen molar-refractivity contribution >= 4 is 6.29 Å². The van der Waals surface area contributed by atoms with Crippen LogP contribution < -0.4 is 4.74 Å². The first-order valence-corrected chi connectivity index (χ1v) is 4.66. The van der Waals surface area contributed by atoms with Gasteiger partial charge >= 0.3 is 0 Å². The number of hydrogen-bond donors (Lipinski definition) is 0. The first kappa shape index (κ1) is 10.8. The molecule has 0 amide bonds. The predicted molar refractivity (Wildman–Crippen MR) is 56.9 cm³/mol. The van der Waals surface area contributed by atoms with Gasteiger partial charge in [0.05, 0.1) is 0 Å². The monoisotopic (exact) mass is 192 g/mol. The van der Waals surface area contributed by atoms with Gasteiger partial charge in [0.15, 0.2) is 0 Å². The molecule has 0 saturated carbocycles. The van der Waals surface area contributed by atoms with E-state index in [1.165, 1.54) is 0 Å². The number of ether oxygens (including phenoxy) is 1. The molecule has 1 aromatic rings. The van der Waals surface area contributed by atoms with Gasteiger partial charge in [-0.25, -0.2) is 0 Å². The van der Waals surface area contributed by atoms with E-state index in [2.05, 4.69) is 0 Å². The number of aryl methyl sites for hydroxylation is 1. The van der Waals surface area contributed by atoms with Crippen LogP contribution in [-0.2, 0) is 0 Å². The summed E-state index contributed by atoms with van der Waals surface area (Å²) < 4.78 is 5.67. The second-order valence-corrected chi connectivity index (χ2v) is 4.41. The molecule has 0 spiro atoms. The minimum atomic E-state index is -0.228. The summed E-state index contributed by atoms with van der Waals surface area (Å²) >= 11 is 0. The van der Waals surface area contributed by atoms with Gasteiger partial charge in [-0.1, -0.05) is 0 Å². The van der Waals surface area contributed by atoms with Crippen LogP contribution >= 0.6 is 0 Å². The van der Waals surface area contributed by atoms with Gasteiger partial charge in [-0.2, -0.15) is 0 Å². The molecule has 0 unspecified atom stereocenters. The van der Waals surface area contributed by atoms with Gasteiger partial charge < -0.3 is 4.74 Å². The highest BCUT2D eigenvalue weighted by molar-refractivity contribution is 5.76. The lowest BCUT2D eigenvalue weighted by Crippen LogP contribution is -2.23. The van der Waals surface area contributed by atoms with Crippen LogP contribution in [-0.4, -0.2) is 11.9 Å². The van der Waals surface area contributed by atoms with Crippen LogP contribution in [0.15, 0.2) is 18.2 Å². The Morgan fingerprint density at radius 2 is 1.86 bits per heavy atom. The standard InChI is InChI=1S/C12H16O2/c1-9-5-10(8-13)7-11(6-9)14-12(2,3)4/h5-8H,1-4H3. The molecule has 76 valence electrons. The van der Waals surface area contributed by atoms with Crippen LogP contribution in [0.25, 0.3) is 0 Å². The molecule has 2 nitrogen and oxygen atoms in total. The lowest BCUT2D eigenvalue weighted by molar-refractivity contribution is 0.111. The predicted octanol–water partition coefficient (Wildman–Crippen LogP) is 2.98. The second-order valence-electron chi connectivity index (χ2n) is 4.41. The lowest BCUT2D eigenvalue weighted by atomic mass is 10.1. The van der Waals surface area contributed by atoms with Gasteiger partial charge in [-0.15, -0.1) is 0 Å². The van der Waals surface area contributed by atoms with Gasteiger partial charge in [0.25, 0.3) is 0 Å². The van der Waals surface area contributed by atoms with Crippen molar-refractivity contribution in [3.63, 3.8) is 0 Å². The fourth-order valence-corrected chi connectivity index (χ4v) is 1.26. The summed E-state index contributed by atoms with van der Waals surface area (Å²) in [6, 6.07) is 5.52. The maximum absolute atomic E-state index is 10.6. The van der Waals surface area contributed by atoms with Crippen LogP contribution in [0.4, 0.5) is 0 Å². The summed E-state index contributed by atoms with van der Waals surface area (Å²) in [4.78, 5) is 10.6. The number of rotatable bonds is 2. The highest BCUT2D eigenvalue weighted by Crippen LogP contribution is 2.20. The SMILES string of the molecule is Cc1cc(C=O)cc(OC(C)(C)C)c1. The van der Waals surface area contributed by atoms with Crippen molar-refractivity contribution in [3.05, 3.63) is 29.3 Å². The molecule has 0 aromatic heterocycles. The summed E-state index contributed by atoms with van der Waals surface area (Å²) in [6.45, 7) is 7.89. The molecule has 2 heteroatoms. The number of carbonyl (C=O) groups excluding carboxylic acids is 1. The Balaban J connectivity index is 2.98. The largest absolute Gasteiger partial charge is 0.488 e. The normalized spacial score (nSPS) is 11.1. The fraction of sp³-hybridized carbons (Fsp3) is 0.417. The number of carbonyl (C=O) groups is 1. The molecule has 0 heterocycles. The van der Waals surface area contributed by atoms with E-state index in [1.807, 2.05) is 39.8 Å². The van der Waals surface area contributed by atoms with Crippen LogP contribution in [0.2, 0.25) is 0 Å². The quantitative estimate of drug-likeness (QED) is 0.673. The third-order valence-corrected chi connectivity index (χ3v) is 1.63. The number of hydrogen-bond acceptors (Lipinski definition) is 2. The molecule has 1 rings (SSSR count). The van der Waals surface area contributed by atoms with E-state index in [4.69, 9.17) is 4.74 Å². The third kappa shape index (κ3) is 3.21. The zero-order valence-electron chi connectivity index (χ0n) is 9.13. The fourth-order valence-electron chi connectivity index (χ4n) is 1.26. The molecule has 0 fully saturated rings. The van der Waals surface area contributed by atoms with E-state index < -0.39 is 0 Å². The molecule has 0 radical (unpaired) electrons. The summed E-state index contributed by atoms with van der Waals surface area (Å²) in [7, 11) is 0. The Kier molecular flexibility index (Phi) is 2.94. The maximum atomic E-state index is 10.6. The van der Waals surface area contributed by atoms with Crippen molar-refractivity contribution < 1.29 is 9.53 Å². The summed E-state index contributed by atoms with van der Waals surface area (Å²) in [5.41, 5.74) is 1.46. The van der Waals surface area contributed by atoms with E-state index in [9.17, 15) is 4.79 Å². The van der Waals surface area contributed by atoms with Crippen LogP contribution in [0.5, 0.6) is 5.75 Å². The van der Waals surface area contributed by atoms with E-state index in [0.29, 0.717) is 5.56 Å². The maximum Gasteiger partial charge on any atom is 0.150 e. The smallest absolute Gasteiger partial charge is 0.150 e. The van der Waals surface area contributed by atoms with Crippen molar-refractivity contribution in [1.82, 2.24) is 0 Å². The molecule has 0 aliphatic heterocycles. The molecule has 0 atom stereocenters. The summed E-state index contributed by atoms with van der Waals surface area (Å²) in [5.74, 6) is 0.750. The molecule has 0 aliphatic rings. The highest BCUT2D eigenvalue weighted by Gasteiger charge is 2.12. The molecular formula is C12H16O2. The van der Waals surface area contributed by atoms with Gasteiger partial charge in [-0.3, -0.25) is 4.79 Å². The molecule has 14 heavy (non-hydrogen) atoms. The van der Waals surface area contributed by atoms with E-state index in [0.717, 1.165) is 17.6 Å². The van der Waals surface area contributed by atoms with Crippen molar-refractivity contribution in [1.29, 1.82) is 0 Å². The van der Waals surface area contributed by atoms with Gasteiger partial charge in [0, 0.05) is 5.56 Å². The van der Waals surface area contributed by atoms with Crippen molar-refractivity contribution in [2.75, 3.05) is 0 Å². The van der Waals surface area contributed by atoms with Crippen molar-refractivity contribution in [3.8, 4) is 5.75 Å².